The predicted octanol–water partition coefficient (Wildman–Crippen LogP) is 4.95. The highest BCUT2D eigenvalue weighted by Gasteiger charge is 2.40. The van der Waals surface area contributed by atoms with Gasteiger partial charge in [0.05, 0.1) is 23.5 Å². The van der Waals surface area contributed by atoms with Gasteiger partial charge in [-0.3, -0.25) is 9.59 Å². The summed E-state index contributed by atoms with van der Waals surface area (Å²) in [6, 6.07) is 13.1. The minimum atomic E-state index is -1.03. The lowest BCUT2D eigenvalue weighted by molar-refractivity contribution is -0.135. The highest BCUT2D eigenvalue weighted by atomic mass is 16.5. The average Bonchev–Trinajstić information content (AvgIpc) is 3.38. The van der Waals surface area contributed by atoms with E-state index in [-0.39, 0.29) is 23.5 Å². The molecule has 7 nitrogen and oxygen atoms in total. The first-order valence-electron chi connectivity index (χ1n) is 10.0. The van der Waals surface area contributed by atoms with E-state index >= 15 is 0 Å². The van der Waals surface area contributed by atoms with Crippen LogP contribution in [0.5, 0.6) is 11.5 Å². The number of allylic oxidation sites excluding steroid dienone is 2. The zero-order valence-corrected chi connectivity index (χ0v) is 17.3. The molecule has 1 N–H and O–H groups in total. The largest absolute Gasteiger partial charge is 0.478 e. The van der Waals surface area contributed by atoms with Crippen molar-refractivity contribution < 1.29 is 33.4 Å². The second kappa shape index (κ2) is 7.23. The highest BCUT2D eigenvalue weighted by molar-refractivity contribution is 6.13. The van der Waals surface area contributed by atoms with Crippen molar-refractivity contribution in [1.29, 1.82) is 0 Å². The summed E-state index contributed by atoms with van der Waals surface area (Å²) in [7, 11) is 0. The molecule has 0 radical (unpaired) electrons. The number of ether oxygens (including phenoxy) is 2. The van der Waals surface area contributed by atoms with Crippen LogP contribution in [0.4, 0.5) is 0 Å². The molecule has 0 unspecified atom stereocenters. The molecule has 0 fully saturated rings. The lowest BCUT2D eigenvalue weighted by Gasteiger charge is -2.24. The fourth-order valence-electron chi connectivity index (χ4n) is 4.07. The third-order valence-corrected chi connectivity index (χ3v) is 5.57. The molecule has 0 saturated heterocycles. The third-order valence-electron chi connectivity index (χ3n) is 5.57. The Morgan fingerprint density at radius 3 is 2.59 bits per heavy atom. The Morgan fingerprint density at radius 2 is 1.84 bits per heavy atom. The molecule has 2 aromatic carbocycles. The van der Waals surface area contributed by atoms with E-state index in [0.717, 1.165) is 5.57 Å². The number of Topliss-reactive ketones (excluding diaryl/α,β-unsaturated/α-hetero) is 1. The summed E-state index contributed by atoms with van der Waals surface area (Å²) in [5, 5.41) is 9.25. The molecule has 2 aliphatic heterocycles. The molecule has 7 heteroatoms. The molecule has 1 aromatic heterocycles. The number of benzene rings is 2. The van der Waals surface area contributed by atoms with Crippen molar-refractivity contribution in [2.45, 2.75) is 26.2 Å². The van der Waals surface area contributed by atoms with Gasteiger partial charge in [-0.15, -0.1) is 0 Å². The van der Waals surface area contributed by atoms with Gasteiger partial charge in [-0.2, -0.15) is 0 Å². The molecule has 160 valence electrons. The first kappa shape index (κ1) is 19.8. The molecule has 2 aliphatic rings. The standard InChI is InChI=1S/C25H18O7/c1-12(2)23-22(27)15-6-7-19-21(24(15)32-23)16(11-20(26)31-19)18-9-8-17(30-18)13-4-3-5-14(10-13)25(28)29/h3-10,16H,11H2,1-2H3,(H,28,29)/t16-/m0/s1. The number of hydrogen-bond acceptors (Lipinski definition) is 6. The third kappa shape index (κ3) is 3.10. The molecule has 0 spiro atoms. The van der Waals surface area contributed by atoms with Crippen LogP contribution in [0.1, 0.15) is 58.2 Å². The van der Waals surface area contributed by atoms with Gasteiger partial charge < -0.3 is 19.0 Å². The number of carboxylic acid groups (broad SMARTS) is 1. The van der Waals surface area contributed by atoms with Gasteiger partial charge in [-0.1, -0.05) is 12.1 Å². The van der Waals surface area contributed by atoms with Crippen molar-refractivity contribution >= 4 is 17.7 Å². The van der Waals surface area contributed by atoms with Crippen LogP contribution in [0.15, 0.2) is 64.3 Å². The minimum Gasteiger partial charge on any atom is -0.478 e. The van der Waals surface area contributed by atoms with Gasteiger partial charge in [-0.25, -0.2) is 4.79 Å². The van der Waals surface area contributed by atoms with E-state index in [1.807, 2.05) is 0 Å². The molecule has 1 atom stereocenters. The molecule has 3 heterocycles. The van der Waals surface area contributed by atoms with Crippen LogP contribution in [0.25, 0.3) is 11.3 Å². The quantitative estimate of drug-likeness (QED) is 0.356. The first-order valence-corrected chi connectivity index (χ1v) is 10.0. The van der Waals surface area contributed by atoms with Crippen LogP contribution in [0.2, 0.25) is 0 Å². The zero-order chi connectivity index (χ0) is 22.6. The van der Waals surface area contributed by atoms with Crippen molar-refractivity contribution in [2.75, 3.05) is 0 Å². The Bertz CT molecular complexity index is 1340. The highest BCUT2D eigenvalue weighted by Crippen LogP contribution is 2.49. The van der Waals surface area contributed by atoms with Gasteiger partial charge in [0.2, 0.25) is 5.78 Å². The van der Waals surface area contributed by atoms with E-state index in [1.54, 1.807) is 50.2 Å². The SMILES string of the molecule is CC(C)=C1Oc2c(ccc3c2[C@H](c2ccc(-c4cccc(C(=O)O)c4)o2)CC(=O)O3)C1=O. The number of furan rings is 1. The normalized spacial score (nSPS) is 16.8. The molecular weight excluding hydrogens is 412 g/mol. The van der Waals surface area contributed by atoms with Crippen LogP contribution in [-0.2, 0) is 4.79 Å². The lowest BCUT2D eigenvalue weighted by atomic mass is 9.88. The van der Waals surface area contributed by atoms with Gasteiger partial charge in [0.15, 0.2) is 5.76 Å². The summed E-state index contributed by atoms with van der Waals surface area (Å²) in [5.74, 6) is -0.215. The number of hydrogen-bond donors (Lipinski definition) is 1. The number of ketones is 1. The van der Waals surface area contributed by atoms with Gasteiger partial charge in [0.25, 0.3) is 0 Å². The summed E-state index contributed by atoms with van der Waals surface area (Å²) < 4.78 is 17.4. The number of esters is 1. The van der Waals surface area contributed by atoms with Gasteiger partial charge in [-0.05, 0) is 55.8 Å². The Balaban J connectivity index is 1.60. The molecule has 0 saturated carbocycles. The summed E-state index contributed by atoms with van der Waals surface area (Å²) in [5.41, 5.74) is 2.51. The Kier molecular flexibility index (Phi) is 4.48. The van der Waals surface area contributed by atoms with Gasteiger partial charge in [0.1, 0.15) is 23.0 Å². The van der Waals surface area contributed by atoms with Crippen molar-refractivity contribution in [2.24, 2.45) is 0 Å². The van der Waals surface area contributed by atoms with Crippen molar-refractivity contribution in [3.05, 3.63) is 82.3 Å². The maximum Gasteiger partial charge on any atom is 0.335 e. The van der Waals surface area contributed by atoms with E-state index in [2.05, 4.69) is 0 Å². The summed E-state index contributed by atoms with van der Waals surface area (Å²) in [6.07, 6.45) is 0.0211. The molecule has 0 amide bonds. The van der Waals surface area contributed by atoms with Gasteiger partial charge in [0, 0.05) is 11.1 Å². The zero-order valence-electron chi connectivity index (χ0n) is 17.3. The Morgan fingerprint density at radius 1 is 1.03 bits per heavy atom. The molecule has 5 rings (SSSR count). The number of rotatable bonds is 3. The van der Waals surface area contributed by atoms with Gasteiger partial charge >= 0.3 is 11.9 Å². The van der Waals surface area contributed by atoms with Crippen molar-refractivity contribution in [3.63, 3.8) is 0 Å². The smallest absolute Gasteiger partial charge is 0.335 e. The monoisotopic (exact) mass is 430 g/mol. The van der Waals surface area contributed by atoms with E-state index in [1.165, 1.54) is 12.1 Å². The molecule has 0 aliphatic carbocycles. The second-order valence-electron chi connectivity index (χ2n) is 7.93. The van der Waals surface area contributed by atoms with E-state index in [4.69, 9.17) is 13.9 Å². The van der Waals surface area contributed by atoms with Crippen LogP contribution in [0.3, 0.4) is 0 Å². The average molecular weight is 430 g/mol. The minimum absolute atomic E-state index is 0.0211. The van der Waals surface area contributed by atoms with Crippen LogP contribution >= 0.6 is 0 Å². The number of carbonyl (C=O) groups excluding carboxylic acids is 2. The van der Waals surface area contributed by atoms with Crippen LogP contribution < -0.4 is 9.47 Å². The number of aromatic carboxylic acids is 1. The van der Waals surface area contributed by atoms with Crippen LogP contribution in [-0.4, -0.2) is 22.8 Å². The first-order chi connectivity index (χ1) is 15.3. The molecule has 32 heavy (non-hydrogen) atoms. The maximum absolute atomic E-state index is 12.7. The fraction of sp³-hybridized carbons (Fsp3) is 0.160. The van der Waals surface area contributed by atoms with E-state index < -0.39 is 17.9 Å². The molecule has 3 aromatic rings. The number of fused-ring (bicyclic) bond motifs is 3. The summed E-state index contributed by atoms with van der Waals surface area (Å²) in [4.78, 5) is 36.3. The van der Waals surface area contributed by atoms with Crippen molar-refractivity contribution in [3.8, 4) is 22.8 Å². The topological polar surface area (TPSA) is 103 Å². The summed E-state index contributed by atoms with van der Waals surface area (Å²) >= 11 is 0. The number of carbonyl (C=O) groups is 3. The van der Waals surface area contributed by atoms with E-state index in [0.29, 0.717) is 39.7 Å². The molecule has 0 bridgehead atoms. The Labute approximate surface area is 182 Å². The molecular formula is C25H18O7. The number of carboxylic acids is 1. The fourth-order valence-corrected chi connectivity index (χ4v) is 4.07. The maximum atomic E-state index is 12.7. The lowest BCUT2D eigenvalue weighted by Crippen LogP contribution is -2.21. The van der Waals surface area contributed by atoms with Crippen LogP contribution in [0, 0.1) is 0 Å². The second-order valence-corrected chi connectivity index (χ2v) is 7.93. The summed E-state index contributed by atoms with van der Waals surface area (Å²) in [6.45, 7) is 3.60. The van der Waals surface area contributed by atoms with E-state index in [9.17, 15) is 19.5 Å². The predicted molar refractivity (Wildman–Crippen MR) is 113 cm³/mol. The Hall–Kier alpha value is -4.13. The van der Waals surface area contributed by atoms with Crippen molar-refractivity contribution in [1.82, 2.24) is 0 Å².